The highest BCUT2D eigenvalue weighted by Crippen LogP contribution is 2.36. The average molecular weight is 367 g/mol. The molecule has 1 aromatic carbocycles. The molecule has 0 radical (unpaired) electrons. The first-order chi connectivity index (χ1) is 11.9. The number of rotatable bonds is 3. The number of carboxylic acid groups (broad SMARTS) is 1. The average Bonchev–Trinajstić information content (AvgIpc) is 2.55. The van der Waals surface area contributed by atoms with E-state index in [1.807, 2.05) is 4.98 Å². The van der Waals surface area contributed by atoms with Crippen LogP contribution in [0.4, 0.5) is 0 Å². The molecule has 1 aromatic rings. The zero-order valence-corrected chi connectivity index (χ0v) is 13.0. The van der Waals surface area contributed by atoms with Gasteiger partial charge in [-0.15, -0.1) is 0 Å². The molecule has 25 heavy (non-hydrogen) atoms. The Labute approximate surface area is 149 Å². The Hall–Kier alpha value is -3.57. The lowest BCUT2D eigenvalue weighted by atomic mass is 10.1. The number of hydrogen-bond donors (Lipinski definition) is 2. The summed E-state index contributed by atoms with van der Waals surface area (Å²) in [6, 6.07) is 4.33. The molecule has 0 bridgehead atoms. The van der Waals surface area contributed by atoms with Gasteiger partial charge >= 0.3 is 11.7 Å². The Bertz CT molecular complexity index is 1210. The lowest BCUT2D eigenvalue weighted by Crippen LogP contribution is -2.24. The Morgan fingerprint density at radius 3 is 2.88 bits per heavy atom. The number of carboxylic acids is 1. The molecule has 0 aliphatic carbocycles. The molecule has 0 atom stereocenters. The lowest BCUT2D eigenvalue weighted by molar-refractivity contribution is -0.135. The van der Waals surface area contributed by atoms with E-state index in [0.717, 1.165) is 0 Å². The molecule has 0 saturated carbocycles. The van der Waals surface area contributed by atoms with Crippen LogP contribution in [-0.4, -0.2) is 21.0 Å². The Kier molecular flexibility index (Phi) is 4.00. The van der Waals surface area contributed by atoms with Gasteiger partial charge < -0.3 is 14.3 Å². The molecular formula is C16H15ClN2O6. The summed E-state index contributed by atoms with van der Waals surface area (Å²) in [7, 11) is 0. The second kappa shape index (κ2) is 6.14. The molecule has 2 aliphatic rings. The van der Waals surface area contributed by atoms with Crippen molar-refractivity contribution >= 4 is 28.5 Å². The second-order valence-corrected chi connectivity index (χ2v) is 5.05. The van der Waals surface area contributed by atoms with Crippen LogP contribution in [0, 0.1) is 0 Å². The summed E-state index contributed by atoms with van der Waals surface area (Å²) in [5, 5.41) is 9.39. The number of aromatic nitrogens is 2. The highest BCUT2D eigenvalue weighted by Gasteiger charge is 2.19. The first kappa shape index (κ1) is 16.3. The SMILES string of the molecule is C=C=C=C(Oc1ccc2cc3c(=O)[nH]c(=O)nc-3oc2c1Cl)C(=O)O.[HH].[HH].[HH].[HH]. The molecule has 3 rings (SSSR count). The van der Waals surface area contributed by atoms with Crippen LogP contribution in [0.1, 0.15) is 5.71 Å². The van der Waals surface area contributed by atoms with Crippen molar-refractivity contribution in [2.24, 2.45) is 0 Å². The highest BCUT2D eigenvalue weighted by atomic mass is 35.5. The van der Waals surface area contributed by atoms with E-state index in [9.17, 15) is 14.4 Å². The predicted octanol–water partition coefficient (Wildman–Crippen LogP) is 2.91. The predicted molar refractivity (Wildman–Crippen MR) is 95.4 cm³/mol. The number of ether oxygens (including phenoxy) is 1. The van der Waals surface area contributed by atoms with Crippen LogP contribution < -0.4 is 16.0 Å². The number of nitrogens with zero attached hydrogens (tertiary/aromatic N) is 1. The summed E-state index contributed by atoms with van der Waals surface area (Å²) < 4.78 is 10.6. The number of benzene rings is 1. The highest BCUT2D eigenvalue weighted by molar-refractivity contribution is 6.36. The van der Waals surface area contributed by atoms with Crippen molar-refractivity contribution < 1.29 is 24.8 Å². The molecular weight excluding hydrogens is 352 g/mol. The molecule has 2 aliphatic heterocycles. The first-order valence-electron chi connectivity index (χ1n) is 6.63. The van der Waals surface area contributed by atoms with Gasteiger partial charge in [-0.1, -0.05) is 17.3 Å². The third kappa shape index (κ3) is 2.96. The summed E-state index contributed by atoms with van der Waals surface area (Å²) in [5.74, 6) is -2.22. The van der Waals surface area contributed by atoms with E-state index in [0.29, 0.717) is 5.39 Å². The number of fused-ring (bicyclic) bond motifs is 2. The third-order valence-corrected chi connectivity index (χ3v) is 3.46. The monoisotopic (exact) mass is 366 g/mol. The van der Waals surface area contributed by atoms with Crippen LogP contribution in [-0.2, 0) is 4.79 Å². The standard InChI is InChI=1S/C16H7ClN2O6.4H2/c1-2-3-10(15(21)22)24-9-5-4-7-6-8-13(20)18-16(23)19-14(8)25-12(7)11(9)17;;;;/h4-6H,1H2,(H,21,22)(H,18,20,23);4*1H. The van der Waals surface area contributed by atoms with Gasteiger partial charge in [-0.05, 0) is 30.5 Å². The van der Waals surface area contributed by atoms with Crippen molar-refractivity contribution in [3.05, 3.63) is 67.9 Å². The van der Waals surface area contributed by atoms with Crippen molar-refractivity contribution in [1.82, 2.24) is 9.97 Å². The molecule has 132 valence electrons. The fourth-order valence-electron chi connectivity index (χ4n) is 2.06. The third-order valence-electron chi connectivity index (χ3n) is 3.10. The Morgan fingerprint density at radius 1 is 1.44 bits per heavy atom. The van der Waals surface area contributed by atoms with Crippen LogP contribution in [0.15, 0.2) is 56.0 Å². The number of aromatic amines is 1. The minimum Gasteiger partial charge on any atom is -0.475 e. The molecule has 0 unspecified atom stereocenters. The molecule has 2 N–H and O–H groups in total. The van der Waals surface area contributed by atoms with Gasteiger partial charge in [0.05, 0.1) is 0 Å². The maximum absolute atomic E-state index is 11.8. The molecule has 0 aromatic heterocycles. The van der Waals surface area contributed by atoms with Gasteiger partial charge in [-0.2, -0.15) is 4.98 Å². The number of hydrogen-bond acceptors (Lipinski definition) is 6. The molecule has 9 heteroatoms. The zero-order valence-electron chi connectivity index (χ0n) is 12.3. The minimum absolute atomic E-state index is 0. The lowest BCUT2D eigenvalue weighted by Gasteiger charge is -2.10. The number of halogens is 1. The summed E-state index contributed by atoms with van der Waals surface area (Å²) >= 11 is 6.19. The van der Waals surface area contributed by atoms with Gasteiger partial charge in [0.1, 0.15) is 10.6 Å². The van der Waals surface area contributed by atoms with Crippen LogP contribution in [0.25, 0.3) is 22.4 Å². The van der Waals surface area contributed by atoms with Crippen LogP contribution >= 0.6 is 11.6 Å². The van der Waals surface area contributed by atoms with Gasteiger partial charge in [0.15, 0.2) is 11.3 Å². The van der Waals surface area contributed by atoms with Gasteiger partial charge in [0, 0.05) is 11.1 Å². The molecule has 0 amide bonds. The van der Waals surface area contributed by atoms with Crippen molar-refractivity contribution in [3.63, 3.8) is 0 Å². The second-order valence-electron chi connectivity index (χ2n) is 4.67. The number of aliphatic carboxylic acids is 1. The molecule has 0 saturated heterocycles. The van der Waals surface area contributed by atoms with E-state index in [1.165, 1.54) is 18.2 Å². The fraction of sp³-hybridized carbons (Fsp3) is 0. The van der Waals surface area contributed by atoms with Crippen LogP contribution in [0.2, 0.25) is 5.02 Å². The fourth-order valence-corrected chi connectivity index (χ4v) is 2.31. The Balaban J connectivity index is 0. The summed E-state index contributed by atoms with van der Waals surface area (Å²) in [5.41, 5.74) is 2.99. The molecule has 8 nitrogen and oxygen atoms in total. The largest absolute Gasteiger partial charge is 0.475 e. The van der Waals surface area contributed by atoms with E-state index in [-0.39, 0.29) is 33.5 Å². The Morgan fingerprint density at radius 2 is 2.20 bits per heavy atom. The van der Waals surface area contributed by atoms with Crippen molar-refractivity contribution in [3.8, 4) is 17.2 Å². The van der Waals surface area contributed by atoms with Crippen molar-refractivity contribution in [2.75, 3.05) is 0 Å². The quantitative estimate of drug-likeness (QED) is 0.316. The van der Waals surface area contributed by atoms with E-state index >= 15 is 0 Å². The van der Waals surface area contributed by atoms with E-state index in [4.69, 9.17) is 25.9 Å². The normalized spacial score (nSPS) is 10.3. The molecule has 0 fully saturated rings. The topological polar surface area (TPSA) is 122 Å². The summed E-state index contributed by atoms with van der Waals surface area (Å²) in [4.78, 5) is 39.8. The van der Waals surface area contributed by atoms with E-state index in [1.54, 1.807) is 0 Å². The summed E-state index contributed by atoms with van der Waals surface area (Å²) in [6.45, 7) is 3.23. The number of nitrogens with one attached hydrogen (secondary N) is 1. The van der Waals surface area contributed by atoms with Gasteiger partial charge in [0.2, 0.25) is 5.89 Å². The maximum atomic E-state index is 11.8. The van der Waals surface area contributed by atoms with Crippen LogP contribution in [0.3, 0.4) is 0 Å². The van der Waals surface area contributed by atoms with Crippen molar-refractivity contribution in [2.45, 2.75) is 0 Å². The zero-order chi connectivity index (χ0) is 18.1. The first-order valence-corrected chi connectivity index (χ1v) is 7.01. The minimum atomic E-state index is -1.40. The number of H-pyrrole nitrogens is 1. The summed E-state index contributed by atoms with van der Waals surface area (Å²) in [6.07, 6.45) is 0. The van der Waals surface area contributed by atoms with Gasteiger partial charge in [-0.3, -0.25) is 9.78 Å². The molecule has 2 heterocycles. The van der Waals surface area contributed by atoms with E-state index in [2.05, 4.69) is 23.0 Å². The van der Waals surface area contributed by atoms with Gasteiger partial charge in [0.25, 0.3) is 11.3 Å². The van der Waals surface area contributed by atoms with Crippen molar-refractivity contribution in [1.29, 1.82) is 0 Å². The maximum Gasteiger partial charge on any atom is 0.380 e. The van der Waals surface area contributed by atoms with E-state index < -0.39 is 23.0 Å². The smallest absolute Gasteiger partial charge is 0.380 e. The van der Waals surface area contributed by atoms with Gasteiger partial charge in [-0.25, -0.2) is 9.59 Å². The number of carbonyl (C=O) groups is 1. The van der Waals surface area contributed by atoms with Crippen LogP contribution in [0.5, 0.6) is 5.75 Å². The molecule has 0 spiro atoms.